The van der Waals surface area contributed by atoms with E-state index in [1.54, 1.807) is 12.3 Å². The lowest BCUT2D eigenvalue weighted by Crippen LogP contribution is -2.46. The van der Waals surface area contributed by atoms with Gasteiger partial charge in [-0.2, -0.15) is 0 Å². The largest absolute Gasteiger partial charge is 0.444 e. The molecular weight excluding hydrogens is 448 g/mol. The number of nitrogens with zero attached hydrogens (tertiary/aromatic N) is 3. The summed E-state index contributed by atoms with van der Waals surface area (Å²) in [6, 6.07) is 5.53. The van der Waals surface area contributed by atoms with Crippen LogP contribution < -0.4 is 21.7 Å². The van der Waals surface area contributed by atoms with E-state index in [0.717, 1.165) is 41.7 Å². The first-order valence-electron chi connectivity index (χ1n) is 10.5. The second kappa shape index (κ2) is 9.62. The quantitative estimate of drug-likeness (QED) is 0.534. The highest BCUT2D eigenvalue weighted by atomic mass is 35.5. The SMILES string of the molecule is CC1(CNC(=O)OC(C)(C)C)CCN(c2nc(N)cnc2Sc2cccc(N)c2Cl)CC1. The molecule has 32 heavy (non-hydrogen) atoms. The molecule has 3 rings (SSSR count). The number of hydrogen-bond donors (Lipinski definition) is 3. The Morgan fingerprint density at radius 2 is 2.00 bits per heavy atom. The van der Waals surface area contributed by atoms with Gasteiger partial charge >= 0.3 is 6.09 Å². The maximum absolute atomic E-state index is 12.0. The van der Waals surface area contributed by atoms with Gasteiger partial charge in [0.05, 0.1) is 16.9 Å². The van der Waals surface area contributed by atoms with Crippen LogP contribution in [0.1, 0.15) is 40.5 Å². The van der Waals surface area contributed by atoms with Crippen LogP contribution in [0.25, 0.3) is 0 Å². The molecule has 0 aliphatic carbocycles. The summed E-state index contributed by atoms with van der Waals surface area (Å²) in [5.74, 6) is 1.10. The van der Waals surface area contributed by atoms with E-state index >= 15 is 0 Å². The zero-order valence-corrected chi connectivity index (χ0v) is 20.5. The third-order valence-electron chi connectivity index (χ3n) is 5.27. The monoisotopic (exact) mass is 478 g/mol. The van der Waals surface area contributed by atoms with Gasteiger partial charge in [0, 0.05) is 24.5 Å². The molecule has 2 aromatic rings. The van der Waals surface area contributed by atoms with Gasteiger partial charge in [0.25, 0.3) is 0 Å². The Morgan fingerprint density at radius 1 is 1.31 bits per heavy atom. The predicted molar refractivity (Wildman–Crippen MR) is 130 cm³/mol. The predicted octanol–water partition coefficient (Wildman–Crippen LogP) is 4.58. The highest BCUT2D eigenvalue weighted by molar-refractivity contribution is 7.99. The summed E-state index contributed by atoms with van der Waals surface area (Å²) in [5, 5.41) is 4.14. The standard InChI is InChI=1S/C22H31ClN6O2S/c1-21(2,3)31-20(30)27-13-22(4)8-10-29(11-9-22)18-19(26-12-16(25)28-18)32-15-7-5-6-14(24)17(15)23/h5-7,12H,8-11,13,24H2,1-4H3,(H2,25,28)(H,27,30). The van der Waals surface area contributed by atoms with E-state index in [2.05, 4.69) is 27.1 Å². The molecule has 8 nitrogen and oxygen atoms in total. The van der Waals surface area contributed by atoms with E-state index < -0.39 is 5.60 Å². The number of carbonyl (C=O) groups is 1. The van der Waals surface area contributed by atoms with Crippen molar-refractivity contribution in [3.8, 4) is 0 Å². The van der Waals surface area contributed by atoms with Crippen molar-refractivity contribution in [1.82, 2.24) is 15.3 Å². The molecule has 0 atom stereocenters. The molecule has 1 aliphatic heterocycles. The Kier molecular flexibility index (Phi) is 7.29. The van der Waals surface area contributed by atoms with Crippen LogP contribution in [0.3, 0.4) is 0 Å². The van der Waals surface area contributed by atoms with E-state index in [0.29, 0.717) is 23.1 Å². The molecular formula is C22H31ClN6O2S. The first-order valence-corrected chi connectivity index (χ1v) is 11.7. The highest BCUT2D eigenvalue weighted by Crippen LogP contribution is 2.40. The van der Waals surface area contributed by atoms with Crippen molar-refractivity contribution in [3.05, 3.63) is 29.4 Å². The van der Waals surface area contributed by atoms with Crippen LogP contribution in [-0.4, -0.2) is 41.3 Å². The number of rotatable bonds is 5. The number of ether oxygens (including phenoxy) is 1. The molecule has 0 bridgehead atoms. The fraction of sp³-hybridized carbons (Fsp3) is 0.500. The first-order chi connectivity index (χ1) is 15.0. The summed E-state index contributed by atoms with van der Waals surface area (Å²) in [7, 11) is 0. The van der Waals surface area contributed by atoms with Gasteiger partial charge in [-0.15, -0.1) is 0 Å². The summed E-state index contributed by atoms with van der Waals surface area (Å²) in [6.07, 6.45) is 2.91. The number of halogens is 1. The molecule has 1 aliphatic rings. The molecule has 1 aromatic carbocycles. The van der Waals surface area contributed by atoms with Crippen LogP contribution in [0.5, 0.6) is 0 Å². The number of carbonyl (C=O) groups excluding carboxylic acids is 1. The number of nitrogens with two attached hydrogens (primary N) is 2. The normalized spacial score (nSPS) is 16.0. The number of nitrogens with one attached hydrogen (secondary N) is 1. The van der Waals surface area contributed by atoms with Crippen molar-refractivity contribution < 1.29 is 9.53 Å². The van der Waals surface area contributed by atoms with Crippen molar-refractivity contribution in [1.29, 1.82) is 0 Å². The van der Waals surface area contributed by atoms with Gasteiger partial charge < -0.3 is 26.4 Å². The Labute approximate surface area is 198 Å². The molecule has 1 fully saturated rings. The molecule has 1 saturated heterocycles. The smallest absolute Gasteiger partial charge is 0.407 e. The molecule has 0 spiro atoms. The topological polar surface area (TPSA) is 119 Å². The average Bonchev–Trinajstić information content (AvgIpc) is 2.71. The number of amides is 1. The third-order valence-corrected chi connectivity index (χ3v) is 6.84. The minimum Gasteiger partial charge on any atom is -0.444 e. The summed E-state index contributed by atoms with van der Waals surface area (Å²) in [4.78, 5) is 24.1. The van der Waals surface area contributed by atoms with Crippen LogP contribution in [-0.2, 0) is 4.74 Å². The molecule has 2 heterocycles. The molecule has 1 aromatic heterocycles. The minimum atomic E-state index is -0.513. The molecule has 0 saturated carbocycles. The van der Waals surface area contributed by atoms with E-state index in [9.17, 15) is 4.79 Å². The Hall–Kier alpha value is -2.39. The van der Waals surface area contributed by atoms with E-state index in [1.807, 2.05) is 32.9 Å². The first kappa shape index (κ1) is 24.3. The summed E-state index contributed by atoms with van der Waals surface area (Å²) in [6.45, 7) is 9.82. The molecule has 5 N–H and O–H groups in total. The number of nitrogen functional groups attached to an aromatic ring is 2. The van der Waals surface area contributed by atoms with Crippen LogP contribution in [0.2, 0.25) is 5.02 Å². The molecule has 174 valence electrons. The second-order valence-corrected chi connectivity index (χ2v) is 10.7. The van der Waals surface area contributed by atoms with Gasteiger partial charge in [0.15, 0.2) is 5.82 Å². The van der Waals surface area contributed by atoms with Gasteiger partial charge in [-0.3, -0.25) is 0 Å². The number of aromatic nitrogens is 2. The lowest BCUT2D eigenvalue weighted by Gasteiger charge is -2.40. The van der Waals surface area contributed by atoms with Crippen LogP contribution in [0.15, 0.2) is 34.3 Å². The summed E-state index contributed by atoms with van der Waals surface area (Å²) in [5.41, 5.74) is 11.9. The lowest BCUT2D eigenvalue weighted by molar-refractivity contribution is 0.0495. The number of anilines is 3. The Bertz CT molecular complexity index is 973. The molecule has 10 heteroatoms. The fourth-order valence-corrected chi connectivity index (χ4v) is 4.58. The lowest BCUT2D eigenvalue weighted by atomic mass is 9.80. The van der Waals surface area contributed by atoms with Crippen molar-refractivity contribution in [3.63, 3.8) is 0 Å². The zero-order chi connectivity index (χ0) is 23.5. The van der Waals surface area contributed by atoms with Crippen LogP contribution in [0.4, 0.5) is 22.1 Å². The Morgan fingerprint density at radius 3 is 2.66 bits per heavy atom. The van der Waals surface area contributed by atoms with E-state index in [4.69, 9.17) is 27.8 Å². The van der Waals surface area contributed by atoms with Gasteiger partial charge in [-0.1, -0.05) is 36.4 Å². The van der Waals surface area contributed by atoms with E-state index in [-0.39, 0.29) is 11.5 Å². The average molecular weight is 479 g/mol. The fourth-order valence-electron chi connectivity index (χ4n) is 3.41. The molecule has 1 amide bonds. The number of hydrogen-bond acceptors (Lipinski definition) is 8. The third kappa shape index (κ3) is 6.32. The van der Waals surface area contributed by atoms with Crippen LogP contribution in [0, 0.1) is 5.41 Å². The summed E-state index contributed by atoms with van der Waals surface area (Å²) >= 11 is 7.79. The molecule has 0 unspecified atom stereocenters. The van der Waals surface area contributed by atoms with Gasteiger partial charge in [-0.25, -0.2) is 14.8 Å². The minimum absolute atomic E-state index is 0.0361. The van der Waals surface area contributed by atoms with Crippen molar-refractivity contribution in [2.45, 2.75) is 56.1 Å². The van der Waals surface area contributed by atoms with Crippen molar-refractivity contribution >= 4 is 46.8 Å². The maximum Gasteiger partial charge on any atom is 0.407 e. The maximum atomic E-state index is 12.0. The Balaban J connectivity index is 1.68. The van der Waals surface area contributed by atoms with E-state index in [1.165, 1.54) is 11.8 Å². The van der Waals surface area contributed by atoms with Gasteiger partial charge in [0.2, 0.25) is 0 Å². The van der Waals surface area contributed by atoms with Crippen molar-refractivity contribution in [2.75, 3.05) is 36.0 Å². The molecule has 0 radical (unpaired) electrons. The second-order valence-electron chi connectivity index (χ2n) is 9.34. The van der Waals surface area contributed by atoms with Gasteiger partial charge in [-0.05, 0) is 51.2 Å². The van der Waals surface area contributed by atoms with Crippen LogP contribution >= 0.6 is 23.4 Å². The van der Waals surface area contributed by atoms with Gasteiger partial charge in [0.1, 0.15) is 16.4 Å². The zero-order valence-electron chi connectivity index (χ0n) is 18.9. The summed E-state index contributed by atoms with van der Waals surface area (Å²) < 4.78 is 5.35. The highest BCUT2D eigenvalue weighted by Gasteiger charge is 2.32. The number of alkyl carbamates (subject to hydrolysis) is 1. The number of benzene rings is 1. The van der Waals surface area contributed by atoms with Crippen molar-refractivity contribution in [2.24, 2.45) is 5.41 Å². The number of piperidine rings is 1.